The predicted molar refractivity (Wildman–Crippen MR) is 88.5 cm³/mol. The Morgan fingerprint density at radius 2 is 2.00 bits per heavy atom. The van der Waals surface area contributed by atoms with Gasteiger partial charge in [-0.3, -0.25) is 0 Å². The molecular weight excluding hydrogens is 399 g/mol. The Morgan fingerprint density at radius 3 is 2.50 bits per heavy atom. The highest BCUT2D eigenvalue weighted by molar-refractivity contribution is 9.10. The fraction of sp³-hybridized carbons (Fsp3) is 0.538. The van der Waals surface area contributed by atoms with E-state index in [1.807, 2.05) is 0 Å². The summed E-state index contributed by atoms with van der Waals surface area (Å²) in [7, 11) is -2.57. The Kier molecular flexibility index (Phi) is 6.64. The zero-order chi connectivity index (χ0) is 15.7. The van der Waals surface area contributed by atoms with Gasteiger partial charge < -0.3 is 10.5 Å². The van der Waals surface area contributed by atoms with E-state index in [9.17, 15) is 12.8 Å². The van der Waals surface area contributed by atoms with Crippen LogP contribution in [0.3, 0.4) is 0 Å². The third-order valence-electron chi connectivity index (χ3n) is 3.80. The van der Waals surface area contributed by atoms with Gasteiger partial charge in [0.25, 0.3) is 0 Å². The molecule has 1 aliphatic carbocycles. The lowest BCUT2D eigenvalue weighted by molar-refractivity contribution is 0.387. The molecule has 5 nitrogen and oxygen atoms in total. The maximum atomic E-state index is 13.7. The van der Waals surface area contributed by atoms with E-state index in [-0.39, 0.29) is 34.1 Å². The van der Waals surface area contributed by atoms with E-state index in [0.717, 1.165) is 18.9 Å². The van der Waals surface area contributed by atoms with Crippen LogP contribution in [0.1, 0.15) is 25.7 Å². The molecule has 9 heteroatoms. The Hall–Kier alpha value is -0.410. The molecule has 126 valence electrons. The maximum absolute atomic E-state index is 13.7. The molecule has 1 aliphatic rings. The summed E-state index contributed by atoms with van der Waals surface area (Å²) in [4.78, 5) is -0.217. The van der Waals surface area contributed by atoms with Gasteiger partial charge in [-0.2, -0.15) is 0 Å². The summed E-state index contributed by atoms with van der Waals surface area (Å²) in [5.74, 6) is -0.578. The summed E-state index contributed by atoms with van der Waals surface area (Å²) in [6, 6.07) is 2.25. The lowest BCUT2D eigenvalue weighted by Gasteiger charge is -2.28. The Labute approximate surface area is 144 Å². The third kappa shape index (κ3) is 3.91. The zero-order valence-corrected chi connectivity index (χ0v) is 15.3. The molecule has 22 heavy (non-hydrogen) atoms. The van der Waals surface area contributed by atoms with Crippen molar-refractivity contribution in [3.8, 4) is 5.75 Å². The van der Waals surface area contributed by atoms with Crippen LogP contribution in [0.25, 0.3) is 0 Å². The van der Waals surface area contributed by atoms with Gasteiger partial charge in [0.05, 0.1) is 11.6 Å². The van der Waals surface area contributed by atoms with Crippen molar-refractivity contribution >= 4 is 38.4 Å². The summed E-state index contributed by atoms with van der Waals surface area (Å²) in [6.07, 6.45) is 3.21. The molecule has 0 spiro atoms. The van der Waals surface area contributed by atoms with Crippen LogP contribution in [-0.2, 0) is 10.0 Å². The van der Waals surface area contributed by atoms with Crippen molar-refractivity contribution in [3.05, 3.63) is 22.4 Å². The monoisotopic (exact) mass is 416 g/mol. The first-order chi connectivity index (χ1) is 9.83. The molecule has 0 radical (unpaired) electrons. The second kappa shape index (κ2) is 7.44. The van der Waals surface area contributed by atoms with E-state index in [4.69, 9.17) is 10.5 Å². The molecular formula is C13H19BrClFN2O3S. The second-order valence-electron chi connectivity index (χ2n) is 5.21. The first-order valence-electron chi connectivity index (χ1n) is 6.61. The summed E-state index contributed by atoms with van der Waals surface area (Å²) >= 11 is 3.01. The molecule has 1 aromatic carbocycles. The van der Waals surface area contributed by atoms with E-state index in [2.05, 4.69) is 20.7 Å². The minimum absolute atomic E-state index is 0. The largest absolute Gasteiger partial charge is 0.495 e. The number of sulfonamides is 1. The van der Waals surface area contributed by atoms with Crippen molar-refractivity contribution in [1.82, 2.24) is 4.72 Å². The van der Waals surface area contributed by atoms with Gasteiger partial charge in [-0.05, 0) is 40.9 Å². The lowest BCUT2D eigenvalue weighted by atomic mass is 10.0. The number of hydrogen-bond donors (Lipinski definition) is 2. The summed E-state index contributed by atoms with van der Waals surface area (Å²) in [5.41, 5.74) is 5.09. The number of nitrogens with one attached hydrogen (secondary N) is 1. The number of nitrogens with two attached hydrogens (primary N) is 1. The highest BCUT2D eigenvalue weighted by Crippen LogP contribution is 2.34. The zero-order valence-electron chi connectivity index (χ0n) is 12.1. The average Bonchev–Trinajstić information content (AvgIpc) is 2.89. The van der Waals surface area contributed by atoms with Crippen molar-refractivity contribution in [2.45, 2.75) is 36.1 Å². The summed E-state index contributed by atoms with van der Waals surface area (Å²) < 4.78 is 46.7. The van der Waals surface area contributed by atoms with Gasteiger partial charge in [-0.15, -0.1) is 12.4 Å². The van der Waals surface area contributed by atoms with Gasteiger partial charge in [0.1, 0.15) is 16.5 Å². The number of halogens is 3. The van der Waals surface area contributed by atoms with Crippen molar-refractivity contribution < 1.29 is 17.5 Å². The van der Waals surface area contributed by atoms with Crippen LogP contribution in [0.2, 0.25) is 0 Å². The highest BCUT2D eigenvalue weighted by atomic mass is 79.9. The minimum atomic E-state index is -3.91. The lowest BCUT2D eigenvalue weighted by Crippen LogP contribution is -2.51. The molecule has 0 unspecified atom stereocenters. The SMILES string of the molecule is COc1cc(Br)c(F)cc1S(=O)(=O)NC1(CN)CCCC1.Cl. The number of benzene rings is 1. The van der Waals surface area contributed by atoms with Crippen LogP contribution in [0, 0.1) is 5.82 Å². The first kappa shape index (κ1) is 19.6. The highest BCUT2D eigenvalue weighted by Gasteiger charge is 2.37. The van der Waals surface area contributed by atoms with Crippen LogP contribution in [0.15, 0.2) is 21.5 Å². The molecule has 0 heterocycles. The number of ether oxygens (including phenoxy) is 1. The van der Waals surface area contributed by atoms with Crippen molar-refractivity contribution in [3.63, 3.8) is 0 Å². The topological polar surface area (TPSA) is 81.4 Å². The van der Waals surface area contributed by atoms with E-state index in [0.29, 0.717) is 12.8 Å². The van der Waals surface area contributed by atoms with Crippen molar-refractivity contribution in [2.75, 3.05) is 13.7 Å². The molecule has 0 atom stereocenters. The summed E-state index contributed by atoms with van der Waals surface area (Å²) in [6.45, 7) is 0.216. The Morgan fingerprint density at radius 1 is 1.41 bits per heavy atom. The van der Waals surface area contributed by atoms with E-state index in [1.165, 1.54) is 13.2 Å². The van der Waals surface area contributed by atoms with E-state index >= 15 is 0 Å². The van der Waals surface area contributed by atoms with Gasteiger partial charge in [-0.1, -0.05) is 12.8 Å². The van der Waals surface area contributed by atoms with Gasteiger partial charge >= 0.3 is 0 Å². The molecule has 0 amide bonds. The smallest absolute Gasteiger partial charge is 0.244 e. The van der Waals surface area contributed by atoms with Crippen LogP contribution >= 0.6 is 28.3 Å². The average molecular weight is 418 g/mol. The molecule has 0 aliphatic heterocycles. The molecule has 0 saturated heterocycles. The normalized spacial score (nSPS) is 17.1. The predicted octanol–water partition coefficient (Wildman–Crippen LogP) is 2.57. The molecule has 3 N–H and O–H groups in total. The second-order valence-corrected chi connectivity index (χ2v) is 7.72. The fourth-order valence-electron chi connectivity index (χ4n) is 2.62. The molecule has 1 saturated carbocycles. The quantitative estimate of drug-likeness (QED) is 0.771. The standard InChI is InChI=1S/C13H18BrFN2O3S.ClH/c1-20-11-6-9(14)10(15)7-12(11)21(18,19)17-13(8-16)4-2-3-5-13;/h6-7,17H,2-5,8,16H2,1H3;1H. The van der Waals surface area contributed by atoms with Gasteiger partial charge in [0, 0.05) is 12.1 Å². The number of rotatable bonds is 5. The third-order valence-corrected chi connectivity index (χ3v) is 6.01. The van der Waals surface area contributed by atoms with Crippen LogP contribution in [-0.4, -0.2) is 27.6 Å². The first-order valence-corrected chi connectivity index (χ1v) is 8.88. The van der Waals surface area contributed by atoms with E-state index < -0.39 is 21.4 Å². The molecule has 1 aromatic rings. The Bertz CT molecular complexity index is 636. The summed E-state index contributed by atoms with van der Waals surface area (Å²) in [5, 5.41) is 0. The van der Waals surface area contributed by atoms with Gasteiger partial charge in [-0.25, -0.2) is 17.5 Å². The van der Waals surface area contributed by atoms with Crippen molar-refractivity contribution in [2.24, 2.45) is 5.73 Å². The minimum Gasteiger partial charge on any atom is -0.495 e. The van der Waals surface area contributed by atoms with Crippen molar-refractivity contribution in [1.29, 1.82) is 0 Å². The maximum Gasteiger partial charge on any atom is 0.244 e. The molecule has 0 bridgehead atoms. The molecule has 1 fully saturated rings. The van der Waals surface area contributed by atoms with Crippen LogP contribution in [0.4, 0.5) is 4.39 Å². The molecule has 0 aromatic heterocycles. The van der Waals surface area contributed by atoms with Crippen LogP contribution < -0.4 is 15.2 Å². The fourth-order valence-corrected chi connectivity index (χ4v) is 4.58. The van der Waals surface area contributed by atoms with Gasteiger partial charge in [0.15, 0.2) is 0 Å². The number of methoxy groups -OCH3 is 1. The Balaban J connectivity index is 0.00000242. The van der Waals surface area contributed by atoms with Gasteiger partial charge in [0.2, 0.25) is 10.0 Å². The molecule has 2 rings (SSSR count). The van der Waals surface area contributed by atoms with Crippen LogP contribution in [0.5, 0.6) is 5.75 Å². The number of hydrogen-bond acceptors (Lipinski definition) is 4. The van der Waals surface area contributed by atoms with E-state index in [1.54, 1.807) is 0 Å².